The molecule has 0 saturated heterocycles. The lowest BCUT2D eigenvalue weighted by Crippen LogP contribution is -2.14. The van der Waals surface area contributed by atoms with Crippen molar-refractivity contribution in [3.05, 3.63) is 56.2 Å². The Morgan fingerprint density at radius 3 is 3.00 bits per heavy atom. The highest BCUT2D eigenvalue weighted by Gasteiger charge is 2.09. The van der Waals surface area contributed by atoms with Gasteiger partial charge in [-0.25, -0.2) is 9.78 Å². The number of carbonyl (C=O) groups excluding carboxylic acids is 1. The lowest BCUT2D eigenvalue weighted by molar-refractivity contribution is -0.139. The first-order valence-corrected chi connectivity index (χ1v) is 8.21. The van der Waals surface area contributed by atoms with Crippen molar-refractivity contribution in [2.24, 2.45) is 7.05 Å². The molecule has 9 heteroatoms. The largest absolute Gasteiger partial charge is 0.456 e. The van der Waals surface area contributed by atoms with E-state index in [1.807, 2.05) is 0 Å². The second-order valence-corrected chi connectivity index (χ2v) is 6.23. The van der Waals surface area contributed by atoms with Crippen LogP contribution in [-0.2, 0) is 23.2 Å². The maximum absolute atomic E-state index is 11.8. The van der Waals surface area contributed by atoms with Gasteiger partial charge in [0.15, 0.2) is 4.96 Å². The predicted octanol–water partition coefficient (Wildman–Crippen LogP) is 2.21. The minimum absolute atomic E-state index is 0.0768. The van der Waals surface area contributed by atoms with Crippen LogP contribution >= 0.6 is 22.9 Å². The van der Waals surface area contributed by atoms with Gasteiger partial charge in [0.1, 0.15) is 11.8 Å². The average Bonchev–Trinajstić information content (AvgIpc) is 3.10. The number of thiazole rings is 1. The Bertz CT molecular complexity index is 1000. The molecule has 7 nitrogen and oxygen atoms in total. The average molecular weight is 365 g/mol. The van der Waals surface area contributed by atoms with E-state index in [-0.39, 0.29) is 12.2 Å². The molecule has 0 aliphatic carbocycles. The van der Waals surface area contributed by atoms with Crippen LogP contribution in [0.3, 0.4) is 0 Å². The number of fused-ring (bicyclic) bond motifs is 1. The topological polar surface area (TPSA) is 78.5 Å². The molecule has 0 radical (unpaired) electrons. The van der Waals surface area contributed by atoms with Gasteiger partial charge in [-0.3, -0.25) is 13.9 Å². The second kappa shape index (κ2) is 6.58. The van der Waals surface area contributed by atoms with E-state index in [0.29, 0.717) is 27.1 Å². The number of halogens is 1. The van der Waals surface area contributed by atoms with E-state index in [9.17, 15) is 9.59 Å². The Morgan fingerprint density at radius 2 is 2.29 bits per heavy atom. The monoisotopic (exact) mass is 364 g/mol. The Hall–Kier alpha value is -2.45. The Balaban J connectivity index is 1.68. The quantitative estimate of drug-likeness (QED) is 0.524. The molecule has 0 aliphatic heterocycles. The molecule has 0 fully saturated rings. The summed E-state index contributed by atoms with van der Waals surface area (Å²) in [6, 6.07) is 1.35. The van der Waals surface area contributed by atoms with Gasteiger partial charge in [-0.05, 0) is 13.0 Å². The number of nitrogens with zero attached hydrogens (tertiary/aromatic N) is 4. The van der Waals surface area contributed by atoms with Crippen molar-refractivity contribution in [2.45, 2.75) is 13.5 Å². The fourth-order valence-electron chi connectivity index (χ4n) is 2.14. The summed E-state index contributed by atoms with van der Waals surface area (Å²) in [5.41, 5.74) is 1.57. The van der Waals surface area contributed by atoms with Crippen LogP contribution in [0.1, 0.15) is 17.0 Å². The van der Waals surface area contributed by atoms with Crippen molar-refractivity contribution < 1.29 is 9.53 Å². The molecule has 0 spiro atoms. The van der Waals surface area contributed by atoms with Crippen molar-refractivity contribution in [3.8, 4) is 0 Å². The van der Waals surface area contributed by atoms with Gasteiger partial charge in [0, 0.05) is 36.3 Å². The maximum atomic E-state index is 11.8. The summed E-state index contributed by atoms with van der Waals surface area (Å²) >= 11 is 7.42. The fourth-order valence-corrected chi connectivity index (χ4v) is 3.12. The zero-order chi connectivity index (χ0) is 17.3. The lowest BCUT2D eigenvalue weighted by Gasteiger charge is -2.01. The normalized spacial score (nSPS) is 11.5. The number of ether oxygens (including phenoxy) is 1. The zero-order valence-electron chi connectivity index (χ0n) is 12.9. The molecular formula is C15H13ClN4O3S. The highest BCUT2D eigenvalue weighted by molar-refractivity contribution is 7.15. The summed E-state index contributed by atoms with van der Waals surface area (Å²) < 4.78 is 8.07. The molecule has 3 rings (SSSR count). The number of aromatic nitrogens is 4. The van der Waals surface area contributed by atoms with E-state index in [4.69, 9.17) is 16.3 Å². The van der Waals surface area contributed by atoms with Crippen molar-refractivity contribution in [3.63, 3.8) is 0 Å². The predicted molar refractivity (Wildman–Crippen MR) is 91.1 cm³/mol. The number of esters is 1. The van der Waals surface area contributed by atoms with E-state index >= 15 is 0 Å². The van der Waals surface area contributed by atoms with Crippen molar-refractivity contribution >= 4 is 39.9 Å². The Morgan fingerprint density at radius 1 is 1.50 bits per heavy atom. The molecule has 0 atom stereocenters. The second-order valence-electron chi connectivity index (χ2n) is 5.00. The molecule has 3 aromatic rings. The first-order valence-electron chi connectivity index (χ1n) is 6.95. The van der Waals surface area contributed by atoms with E-state index in [1.165, 1.54) is 32.6 Å². The Labute approximate surface area is 145 Å². The molecule has 0 bridgehead atoms. The molecule has 3 aromatic heterocycles. The van der Waals surface area contributed by atoms with Crippen molar-refractivity contribution in [1.29, 1.82) is 0 Å². The van der Waals surface area contributed by atoms with Gasteiger partial charge in [-0.2, -0.15) is 5.10 Å². The van der Waals surface area contributed by atoms with E-state index in [1.54, 1.807) is 31.6 Å². The maximum Gasteiger partial charge on any atom is 0.331 e. The van der Waals surface area contributed by atoms with Gasteiger partial charge in [0.25, 0.3) is 5.56 Å². The first kappa shape index (κ1) is 16.4. The molecule has 0 unspecified atom stereocenters. The van der Waals surface area contributed by atoms with Gasteiger partial charge < -0.3 is 4.74 Å². The summed E-state index contributed by atoms with van der Waals surface area (Å²) in [6.07, 6.45) is 4.47. The number of rotatable bonds is 4. The summed E-state index contributed by atoms with van der Waals surface area (Å²) in [5, 5.41) is 6.36. The molecule has 0 N–H and O–H groups in total. The number of carbonyl (C=O) groups is 1. The van der Waals surface area contributed by atoms with E-state index < -0.39 is 5.97 Å². The smallest absolute Gasteiger partial charge is 0.331 e. The molecular weight excluding hydrogens is 352 g/mol. The number of hydrogen-bond acceptors (Lipinski definition) is 6. The van der Waals surface area contributed by atoms with Crippen LogP contribution in [0, 0.1) is 6.92 Å². The zero-order valence-corrected chi connectivity index (χ0v) is 14.5. The molecule has 0 aromatic carbocycles. The third kappa shape index (κ3) is 3.24. The van der Waals surface area contributed by atoms with Gasteiger partial charge in [-0.1, -0.05) is 11.6 Å². The van der Waals surface area contributed by atoms with Gasteiger partial charge in [0.2, 0.25) is 0 Å². The van der Waals surface area contributed by atoms with Crippen LogP contribution in [0.4, 0.5) is 0 Å². The third-order valence-corrected chi connectivity index (χ3v) is 4.51. The first-order chi connectivity index (χ1) is 11.5. The Kier molecular flexibility index (Phi) is 4.50. The highest BCUT2D eigenvalue weighted by Crippen LogP contribution is 2.20. The molecule has 124 valence electrons. The van der Waals surface area contributed by atoms with Crippen molar-refractivity contribution in [1.82, 2.24) is 19.2 Å². The summed E-state index contributed by atoms with van der Waals surface area (Å²) in [6.45, 7) is 1.72. The number of aryl methyl sites for hydroxylation is 2. The van der Waals surface area contributed by atoms with Crippen LogP contribution in [0.25, 0.3) is 11.0 Å². The van der Waals surface area contributed by atoms with Crippen LogP contribution in [0.2, 0.25) is 5.15 Å². The summed E-state index contributed by atoms with van der Waals surface area (Å²) in [4.78, 5) is 28.5. The van der Waals surface area contributed by atoms with E-state index in [2.05, 4.69) is 10.1 Å². The van der Waals surface area contributed by atoms with Gasteiger partial charge in [-0.15, -0.1) is 11.3 Å². The standard InChI is InChI=1S/C15H13ClN4O3S/c1-9-11(14(16)19(2)18-9)3-4-13(22)23-8-10-7-12(21)20-5-6-24-15(20)17-10/h3-7H,8H2,1-2H3/b4-3+. The molecule has 24 heavy (non-hydrogen) atoms. The highest BCUT2D eigenvalue weighted by atomic mass is 35.5. The fraction of sp³-hybridized carbons (Fsp3) is 0.200. The number of hydrogen-bond donors (Lipinski definition) is 0. The summed E-state index contributed by atoms with van der Waals surface area (Å²) in [5.74, 6) is -0.553. The molecule has 3 heterocycles. The van der Waals surface area contributed by atoms with Gasteiger partial charge in [0.05, 0.1) is 11.4 Å². The lowest BCUT2D eigenvalue weighted by atomic mass is 10.2. The molecule has 0 saturated carbocycles. The third-order valence-electron chi connectivity index (χ3n) is 3.30. The van der Waals surface area contributed by atoms with Gasteiger partial charge >= 0.3 is 5.97 Å². The van der Waals surface area contributed by atoms with Crippen molar-refractivity contribution in [2.75, 3.05) is 0 Å². The molecule has 0 amide bonds. The summed E-state index contributed by atoms with van der Waals surface area (Å²) in [7, 11) is 1.72. The SMILES string of the molecule is Cc1nn(C)c(Cl)c1/C=C/C(=O)OCc1cc(=O)n2ccsc2n1. The minimum atomic E-state index is -0.553. The van der Waals surface area contributed by atoms with Crippen LogP contribution in [0.5, 0.6) is 0 Å². The van der Waals surface area contributed by atoms with Crippen LogP contribution in [0.15, 0.2) is 28.5 Å². The van der Waals surface area contributed by atoms with Crippen LogP contribution < -0.4 is 5.56 Å². The van der Waals surface area contributed by atoms with Crippen LogP contribution in [-0.4, -0.2) is 25.1 Å². The molecule has 0 aliphatic rings. The van der Waals surface area contributed by atoms with E-state index in [0.717, 1.165) is 0 Å². The minimum Gasteiger partial charge on any atom is -0.456 e.